The van der Waals surface area contributed by atoms with Crippen LogP contribution in [0.15, 0.2) is 72.9 Å². The molecule has 0 aliphatic rings. The summed E-state index contributed by atoms with van der Waals surface area (Å²) in [6.45, 7) is 0.271. The molecule has 0 fully saturated rings. The number of carbonyl (C=O) groups excluding carboxylic acids is 2. The standard InChI is InChI=1S/C20H16FN3O2/c21-17-8-6-14(7-9-17)13-23-19(25)16-10-11-22-18(12-16)24-20(26)15-4-2-1-3-5-15/h1-12H,13H2,(H,23,25)(H,22,24,26). The van der Waals surface area contributed by atoms with Gasteiger partial charge in [-0.05, 0) is 42.0 Å². The van der Waals surface area contributed by atoms with Crippen molar-refractivity contribution in [3.63, 3.8) is 0 Å². The highest BCUT2D eigenvalue weighted by Crippen LogP contribution is 2.10. The molecule has 0 saturated heterocycles. The molecule has 0 radical (unpaired) electrons. The van der Waals surface area contributed by atoms with Crippen LogP contribution in [0.1, 0.15) is 26.3 Å². The van der Waals surface area contributed by atoms with Crippen LogP contribution in [-0.4, -0.2) is 16.8 Å². The maximum Gasteiger partial charge on any atom is 0.256 e. The molecule has 130 valence electrons. The van der Waals surface area contributed by atoms with Crippen molar-refractivity contribution >= 4 is 17.6 Å². The monoisotopic (exact) mass is 349 g/mol. The van der Waals surface area contributed by atoms with Crippen molar-refractivity contribution in [1.29, 1.82) is 0 Å². The van der Waals surface area contributed by atoms with E-state index < -0.39 is 0 Å². The second-order valence-corrected chi connectivity index (χ2v) is 5.56. The van der Waals surface area contributed by atoms with Crippen molar-refractivity contribution in [1.82, 2.24) is 10.3 Å². The molecule has 3 rings (SSSR count). The van der Waals surface area contributed by atoms with E-state index in [1.165, 1.54) is 24.4 Å². The van der Waals surface area contributed by atoms with Gasteiger partial charge in [0, 0.05) is 23.9 Å². The van der Waals surface area contributed by atoms with E-state index in [2.05, 4.69) is 15.6 Å². The number of anilines is 1. The van der Waals surface area contributed by atoms with Gasteiger partial charge in [-0.15, -0.1) is 0 Å². The molecule has 26 heavy (non-hydrogen) atoms. The Hall–Kier alpha value is -3.54. The molecule has 1 heterocycles. The second kappa shape index (κ2) is 8.02. The van der Waals surface area contributed by atoms with E-state index in [1.54, 1.807) is 42.5 Å². The third-order valence-corrected chi connectivity index (χ3v) is 3.67. The fourth-order valence-electron chi connectivity index (χ4n) is 2.30. The summed E-state index contributed by atoms with van der Waals surface area (Å²) in [5.41, 5.74) is 1.65. The smallest absolute Gasteiger partial charge is 0.256 e. The van der Waals surface area contributed by atoms with E-state index in [0.717, 1.165) is 5.56 Å². The van der Waals surface area contributed by atoms with Gasteiger partial charge >= 0.3 is 0 Å². The fraction of sp³-hybridized carbons (Fsp3) is 0.0500. The summed E-state index contributed by atoms with van der Waals surface area (Å²) in [5, 5.41) is 5.41. The Morgan fingerprint density at radius 3 is 2.35 bits per heavy atom. The number of amides is 2. The molecule has 0 bridgehead atoms. The zero-order chi connectivity index (χ0) is 18.4. The summed E-state index contributed by atoms with van der Waals surface area (Å²) in [5.74, 6) is -0.657. The first-order chi connectivity index (χ1) is 12.6. The number of aromatic nitrogens is 1. The fourth-order valence-corrected chi connectivity index (χ4v) is 2.30. The molecule has 2 aromatic carbocycles. The van der Waals surface area contributed by atoms with E-state index in [0.29, 0.717) is 11.1 Å². The Balaban J connectivity index is 1.63. The first kappa shape index (κ1) is 17.3. The van der Waals surface area contributed by atoms with E-state index in [9.17, 15) is 14.0 Å². The first-order valence-electron chi connectivity index (χ1n) is 7.97. The number of halogens is 1. The van der Waals surface area contributed by atoms with Gasteiger partial charge in [-0.2, -0.15) is 0 Å². The topological polar surface area (TPSA) is 71.1 Å². The van der Waals surface area contributed by atoms with Crippen LogP contribution in [0.3, 0.4) is 0 Å². The highest BCUT2D eigenvalue weighted by molar-refractivity contribution is 6.04. The molecule has 0 unspecified atom stereocenters. The molecule has 3 aromatic rings. The molecule has 2 N–H and O–H groups in total. The number of rotatable bonds is 5. The van der Waals surface area contributed by atoms with Gasteiger partial charge in [0.05, 0.1) is 0 Å². The molecule has 6 heteroatoms. The molecule has 0 aliphatic carbocycles. The van der Waals surface area contributed by atoms with Gasteiger partial charge in [0.2, 0.25) is 0 Å². The summed E-state index contributed by atoms with van der Waals surface area (Å²) < 4.78 is 12.9. The maximum atomic E-state index is 12.9. The van der Waals surface area contributed by atoms with E-state index in [-0.39, 0.29) is 30.0 Å². The molecule has 0 spiro atoms. The number of benzene rings is 2. The molecular weight excluding hydrogens is 333 g/mol. The molecule has 0 aliphatic heterocycles. The quantitative estimate of drug-likeness (QED) is 0.742. The van der Waals surface area contributed by atoms with Crippen LogP contribution in [-0.2, 0) is 6.54 Å². The van der Waals surface area contributed by atoms with Crippen molar-refractivity contribution in [2.75, 3.05) is 5.32 Å². The van der Waals surface area contributed by atoms with Crippen LogP contribution in [0.2, 0.25) is 0 Å². The number of carbonyl (C=O) groups is 2. The largest absolute Gasteiger partial charge is 0.348 e. The SMILES string of the molecule is O=C(NCc1ccc(F)cc1)c1ccnc(NC(=O)c2ccccc2)c1. The minimum Gasteiger partial charge on any atom is -0.348 e. The molecule has 1 aromatic heterocycles. The third-order valence-electron chi connectivity index (χ3n) is 3.67. The minimum atomic E-state index is -0.326. The predicted molar refractivity (Wildman–Crippen MR) is 96.2 cm³/mol. The lowest BCUT2D eigenvalue weighted by Gasteiger charge is -2.08. The van der Waals surface area contributed by atoms with Gasteiger partial charge in [-0.1, -0.05) is 30.3 Å². The van der Waals surface area contributed by atoms with Crippen molar-refractivity contribution < 1.29 is 14.0 Å². The lowest BCUT2D eigenvalue weighted by molar-refractivity contribution is 0.0949. The molecular formula is C20H16FN3O2. The van der Waals surface area contributed by atoms with Crippen molar-refractivity contribution in [3.8, 4) is 0 Å². The Morgan fingerprint density at radius 2 is 1.62 bits per heavy atom. The van der Waals surface area contributed by atoms with Gasteiger partial charge in [0.15, 0.2) is 0 Å². The van der Waals surface area contributed by atoms with Crippen LogP contribution in [0.25, 0.3) is 0 Å². The number of nitrogens with one attached hydrogen (secondary N) is 2. The van der Waals surface area contributed by atoms with Gasteiger partial charge in [0.1, 0.15) is 11.6 Å². The van der Waals surface area contributed by atoms with Crippen LogP contribution in [0.4, 0.5) is 10.2 Å². The van der Waals surface area contributed by atoms with Crippen LogP contribution in [0, 0.1) is 5.82 Å². The van der Waals surface area contributed by atoms with Gasteiger partial charge in [0.25, 0.3) is 11.8 Å². The van der Waals surface area contributed by atoms with Crippen molar-refractivity contribution in [2.24, 2.45) is 0 Å². The average Bonchev–Trinajstić information content (AvgIpc) is 2.68. The van der Waals surface area contributed by atoms with Crippen LogP contribution in [0.5, 0.6) is 0 Å². The van der Waals surface area contributed by atoms with Crippen LogP contribution < -0.4 is 10.6 Å². The van der Waals surface area contributed by atoms with Gasteiger partial charge < -0.3 is 10.6 Å². The summed E-state index contributed by atoms with van der Waals surface area (Å²) in [6.07, 6.45) is 1.45. The van der Waals surface area contributed by atoms with Crippen molar-refractivity contribution in [3.05, 3.63) is 95.4 Å². The Bertz CT molecular complexity index is 912. The highest BCUT2D eigenvalue weighted by atomic mass is 19.1. The van der Waals surface area contributed by atoms with E-state index in [1.807, 2.05) is 6.07 Å². The zero-order valence-corrected chi connectivity index (χ0v) is 13.8. The maximum absolute atomic E-state index is 12.9. The summed E-state index contributed by atoms with van der Waals surface area (Å²) >= 11 is 0. The molecule has 0 saturated carbocycles. The molecule has 5 nitrogen and oxygen atoms in total. The average molecular weight is 349 g/mol. The van der Waals surface area contributed by atoms with Gasteiger partial charge in [-0.25, -0.2) is 9.37 Å². The number of nitrogens with zero attached hydrogens (tertiary/aromatic N) is 1. The summed E-state index contributed by atoms with van der Waals surface area (Å²) in [7, 11) is 0. The Morgan fingerprint density at radius 1 is 0.885 bits per heavy atom. The second-order valence-electron chi connectivity index (χ2n) is 5.56. The molecule has 2 amide bonds. The summed E-state index contributed by atoms with van der Waals surface area (Å²) in [6, 6.07) is 17.7. The third kappa shape index (κ3) is 4.51. The Labute approximate surface area is 149 Å². The van der Waals surface area contributed by atoms with E-state index in [4.69, 9.17) is 0 Å². The van der Waals surface area contributed by atoms with Crippen LogP contribution >= 0.6 is 0 Å². The Kier molecular flexibility index (Phi) is 5.34. The predicted octanol–water partition coefficient (Wildman–Crippen LogP) is 3.40. The number of hydrogen-bond donors (Lipinski definition) is 2. The lowest BCUT2D eigenvalue weighted by atomic mass is 10.2. The van der Waals surface area contributed by atoms with Crippen molar-refractivity contribution in [2.45, 2.75) is 6.54 Å². The number of hydrogen-bond acceptors (Lipinski definition) is 3. The van der Waals surface area contributed by atoms with Gasteiger partial charge in [-0.3, -0.25) is 9.59 Å². The normalized spacial score (nSPS) is 10.2. The lowest BCUT2D eigenvalue weighted by Crippen LogP contribution is -2.23. The first-order valence-corrected chi connectivity index (χ1v) is 7.97. The number of pyridine rings is 1. The van der Waals surface area contributed by atoms with E-state index >= 15 is 0 Å². The summed E-state index contributed by atoms with van der Waals surface area (Å²) in [4.78, 5) is 28.5. The highest BCUT2D eigenvalue weighted by Gasteiger charge is 2.10. The zero-order valence-electron chi connectivity index (χ0n) is 13.8. The minimum absolute atomic E-state index is 0.271. The molecule has 0 atom stereocenters.